The van der Waals surface area contributed by atoms with Gasteiger partial charge in [0, 0.05) is 5.56 Å². The molecule has 3 N–H and O–H groups in total. The Labute approximate surface area is 241 Å². The molecule has 42 heavy (non-hydrogen) atoms. The number of para-hydroxylation sites is 1. The van der Waals surface area contributed by atoms with Crippen molar-refractivity contribution < 1.29 is 38.1 Å². The fourth-order valence-corrected chi connectivity index (χ4v) is 4.18. The van der Waals surface area contributed by atoms with Crippen molar-refractivity contribution in [2.75, 3.05) is 18.5 Å². The highest BCUT2D eigenvalue weighted by Gasteiger charge is 2.35. The summed E-state index contributed by atoms with van der Waals surface area (Å²) in [6.45, 7) is 5.45. The van der Waals surface area contributed by atoms with Gasteiger partial charge in [0.25, 0.3) is 5.91 Å². The second-order valence-corrected chi connectivity index (χ2v) is 9.13. The summed E-state index contributed by atoms with van der Waals surface area (Å²) in [5.74, 6) is -2.29. The number of urea groups is 1. The van der Waals surface area contributed by atoms with Crippen LogP contribution in [0.25, 0.3) is 6.08 Å². The Kier molecular flexibility index (Phi) is 9.33. The predicted octanol–water partition coefficient (Wildman–Crippen LogP) is 4.76. The lowest BCUT2D eigenvalue weighted by atomic mass is 10.0. The highest BCUT2D eigenvalue weighted by molar-refractivity contribution is 6.16. The van der Waals surface area contributed by atoms with Gasteiger partial charge in [-0.2, -0.15) is 0 Å². The molecule has 3 aromatic carbocycles. The molecule has 0 atom stereocenters. The molecule has 10 nitrogen and oxygen atoms in total. The lowest BCUT2D eigenvalue weighted by Crippen LogP contribution is -2.38. The maximum atomic E-state index is 13.9. The molecule has 0 spiro atoms. The highest BCUT2D eigenvalue weighted by atomic mass is 19.1. The zero-order valence-electron chi connectivity index (χ0n) is 22.7. The number of hydrogen-bond donors (Lipinski definition) is 3. The Hall–Kier alpha value is -5.45. The van der Waals surface area contributed by atoms with E-state index in [-0.39, 0.29) is 23.6 Å². The van der Waals surface area contributed by atoms with Crippen LogP contribution in [0.4, 0.5) is 14.9 Å². The van der Waals surface area contributed by atoms with E-state index in [9.17, 15) is 23.6 Å². The summed E-state index contributed by atoms with van der Waals surface area (Å²) in [6, 6.07) is 14.5. The predicted molar refractivity (Wildman–Crippen MR) is 152 cm³/mol. The van der Waals surface area contributed by atoms with Crippen molar-refractivity contribution in [3.05, 3.63) is 107 Å². The first-order valence-electron chi connectivity index (χ1n) is 12.9. The number of carbonyl (C=O) groups excluding carboxylic acids is 3. The fraction of sp³-hybridized carbons (Fsp3) is 0.161. The number of halogens is 1. The summed E-state index contributed by atoms with van der Waals surface area (Å²) in [5, 5.41) is 13.9. The van der Waals surface area contributed by atoms with Crippen LogP contribution in [0.15, 0.2) is 79.0 Å². The third kappa shape index (κ3) is 7.00. The van der Waals surface area contributed by atoms with E-state index in [4.69, 9.17) is 14.6 Å². The summed E-state index contributed by atoms with van der Waals surface area (Å²) in [5.41, 5.74) is 2.01. The number of carbonyl (C=O) groups is 4. The van der Waals surface area contributed by atoms with E-state index in [0.29, 0.717) is 35.7 Å². The lowest BCUT2D eigenvalue weighted by Gasteiger charge is -2.17. The van der Waals surface area contributed by atoms with Crippen molar-refractivity contribution in [3.63, 3.8) is 0 Å². The zero-order chi connectivity index (χ0) is 30.2. The average Bonchev–Trinajstić information content (AvgIpc) is 3.21. The molecule has 1 aliphatic rings. The summed E-state index contributed by atoms with van der Waals surface area (Å²) in [4.78, 5) is 49.8. The van der Waals surface area contributed by atoms with Crippen LogP contribution >= 0.6 is 0 Å². The molecule has 1 aliphatic heterocycles. The lowest BCUT2D eigenvalue weighted by molar-refractivity contribution is -0.127. The second kappa shape index (κ2) is 13.3. The number of rotatable bonds is 12. The van der Waals surface area contributed by atoms with Gasteiger partial charge in [0.1, 0.15) is 24.7 Å². The van der Waals surface area contributed by atoms with E-state index in [1.807, 2.05) is 0 Å². The number of anilines is 1. The Morgan fingerprint density at radius 2 is 1.83 bits per heavy atom. The van der Waals surface area contributed by atoms with Crippen LogP contribution in [0.1, 0.15) is 34.0 Å². The number of carboxylic acid groups (broad SMARTS) is 1. The number of aromatic carboxylic acids is 1. The quantitative estimate of drug-likeness (QED) is 0.162. The van der Waals surface area contributed by atoms with Gasteiger partial charge in [-0.3, -0.25) is 9.59 Å². The van der Waals surface area contributed by atoms with E-state index >= 15 is 0 Å². The summed E-state index contributed by atoms with van der Waals surface area (Å²) < 4.78 is 25.8. The molecular weight excluding hydrogens is 545 g/mol. The standard InChI is InChI=1S/C31H28FN3O7/c1-3-7-22-14-20(16-26(41-4-2)28(22)42-18-19-10-12-21(13-11-19)30(38)39)15-25-29(37)35(31(40)34-25)17-27(36)33-24-9-6-5-8-23(24)32/h3,5-6,8-16H,1,4,7,17-18H2,2H3,(H,33,36)(H,34,40)(H,38,39)/b25-15+. The number of amides is 4. The molecule has 3 aromatic rings. The Morgan fingerprint density at radius 3 is 2.50 bits per heavy atom. The third-order valence-electron chi connectivity index (χ3n) is 6.13. The maximum Gasteiger partial charge on any atom is 0.335 e. The van der Waals surface area contributed by atoms with Gasteiger partial charge in [0.05, 0.1) is 17.9 Å². The minimum Gasteiger partial charge on any atom is -0.490 e. The first kappa shape index (κ1) is 29.5. The summed E-state index contributed by atoms with van der Waals surface area (Å²) >= 11 is 0. The molecule has 1 saturated heterocycles. The number of allylic oxidation sites excluding steroid dienone is 1. The van der Waals surface area contributed by atoms with Crippen molar-refractivity contribution in [2.45, 2.75) is 20.0 Å². The molecule has 0 aromatic heterocycles. The number of carboxylic acids is 1. The van der Waals surface area contributed by atoms with Gasteiger partial charge in [-0.1, -0.05) is 30.3 Å². The van der Waals surface area contributed by atoms with Gasteiger partial charge in [0.2, 0.25) is 5.91 Å². The number of nitrogens with one attached hydrogen (secondary N) is 2. The van der Waals surface area contributed by atoms with E-state index < -0.39 is 36.2 Å². The van der Waals surface area contributed by atoms with Crippen LogP contribution < -0.4 is 20.1 Å². The largest absolute Gasteiger partial charge is 0.490 e. The van der Waals surface area contributed by atoms with Crippen molar-refractivity contribution >= 4 is 35.6 Å². The normalized spacial score (nSPS) is 13.6. The molecule has 0 radical (unpaired) electrons. The Bertz CT molecular complexity index is 1570. The van der Waals surface area contributed by atoms with Gasteiger partial charge in [-0.05, 0) is 66.9 Å². The molecule has 4 amide bonds. The molecule has 0 bridgehead atoms. The molecular formula is C31H28FN3O7. The number of ether oxygens (including phenoxy) is 2. The average molecular weight is 574 g/mol. The van der Waals surface area contributed by atoms with Crippen LogP contribution in [0.3, 0.4) is 0 Å². The topological polar surface area (TPSA) is 134 Å². The minimum atomic E-state index is -1.02. The molecule has 0 aliphatic carbocycles. The van der Waals surface area contributed by atoms with Crippen LogP contribution in [-0.4, -0.2) is 47.0 Å². The first-order valence-corrected chi connectivity index (χ1v) is 12.9. The van der Waals surface area contributed by atoms with E-state index in [1.54, 1.807) is 43.3 Å². The molecule has 1 fully saturated rings. The second-order valence-electron chi connectivity index (χ2n) is 9.13. The Morgan fingerprint density at radius 1 is 1.10 bits per heavy atom. The van der Waals surface area contributed by atoms with Crippen LogP contribution in [0.5, 0.6) is 11.5 Å². The van der Waals surface area contributed by atoms with Crippen LogP contribution in [0.2, 0.25) is 0 Å². The highest BCUT2D eigenvalue weighted by Crippen LogP contribution is 2.35. The van der Waals surface area contributed by atoms with Crippen LogP contribution in [-0.2, 0) is 22.6 Å². The fourth-order valence-electron chi connectivity index (χ4n) is 4.18. The van der Waals surface area contributed by atoms with E-state index in [1.165, 1.54) is 36.4 Å². The van der Waals surface area contributed by atoms with Crippen molar-refractivity contribution in [3.8, 4) is 11.5 Å². The molecule has 4 rings (SSSR count). The number of imide groups is 1. The minimum absolute atomic E-state index is 0.0575. The SMILES string of the molecule is C=CCc1cc(/C=C2/NC(=O)N(CC(=O)Nc3ccccc3F)C2=O)cc(OCC)c1OCc1ccc(C(=O)O)cc1. The zero-order valence-corrected chi connectivity index (χ0v) is 22.7. The maximum absolute atomic E-state index is 13.9. The number of hydrogen-bond acceptors (Lipinski definition) is 6. The first-order chi connectivity index (χ1) is 20.2. The smallest absolute Gasteiger partial charge is 0.335 e. The van der Waals surface area contributed by atoms with Crippen molar-refractivity contribution in [1.82, 2.24) is 10.2 Å². The molecule has 0 saturated carbocycles. The summed E-state index contributed by atoms with van der Waals surface area (Å²) in [6.07, 6.45) is 3.53. The van der Waals surface area contributed by atoms with Gasteiger partial charge in [-0.15, -0.1) is 6.58 Å². The van der Waals surface area contributed by atoms with Gasteiger partial charge < -0.3 is 25.2 Å². The van der Waals surface area contributed by atoms with Gasteiger partial charge >= 0.3 is 12.0 Å². The monoisotopic (exact) mass is 573 g/mol. The number of benzene rings is 3. The summed E-state index contributed by atoms with van der Waals surface area (Å²) in [7, 11) is 0. The molecule has 11 heteroatoms. The Balaban J connectivity index is 1.54. The van der Waals surface area contributed by atoms with Crippen molar-refractivity contribution in [2.24, 2.45) is 0 Å². The van der Waals surface area contributed by atoms with Crippen molar-refractivity contribution in [1.29, 1.82) is 0 Å². The molecule has 0 unspecified atom stereocenters. The van der Waals surface area contributed by atoms with Crippen LogP contribution in [0, 0.1) is 5.82 Å². The van der Waals surface area contributed by atoms with Gasteiger partial charge in [-0.25, -0.2) is 18.9 Å². The van der Waals surface area contributed by atoms with Gasteiger partial charge in [0.15, 0.2) is 11.5 Å². The third-order valence-corrected chi connectivity index (χ3v) is 6.13. The number of nitrogens with zero attached hydrogens (tertiary/aromatic N) is 1. The molecule has 216 valence electrons. The van der Waals surface area contributed by atoms with E-state index in [2.05, 4.69) is 17.2 Å². The molecule has 1 heterocycles. The van der Waals surface area contributed by atoms with E-state index in [0.717, 1.165) is 10.5 Å².